The molecule has 36 heavy (non-hydrogen) atoms. The second-order valence-corrected chi connectivity index (χ2v) is 8.66. The number of carbonyl (C=O) groups excluding carboxylic acids is 1. The molecule has 7 heteroatoms. The maximum Gasteiger partial charge on any atom is 0.338 e. The molecule has 0 unspecified atom stereocenters. The number of H-pyrrole nitrogens is 1. The number of fused-ring (bicyclic) bond motifs is 1. The molecule has 0 saturated heterocycles. The second-order valence-electron chi connectivity index (χ2n) is 8.66. The number of ether oxygens (including phenoxy) is 2. The summed E-state index contributed by atoms with van der Waals surface area (Å²) in [5.41, 5.74) is 3.80. The second kappa shape index (κ2) is 11.6. The molecule has 7 nitrogen and oxygen atoms in total. The van der Waals surface area contributed by atoms with Crippen LogP contribution in [0.1, 0.15) is 34.8 Å². The number of carbonyl (C=O) groups is 1. The van der Waals surface area contributed by atoms with Crippen molar-refractivity contribution >= 4 is 28.3 Å². The predicted molar refractivity (Wildman–Crippen MR) is 143 cm³/mol. The van der Waals surface area contributed by atoms with Gasteiger partial charge in [-0.1, -0.05) is 36.4 Å². The number of aromatic hydroxyl groups is 1. The fourth-order valence-electron chi connectivity index (χ4n) is 3.94. The third-order valence-electron chi connectivity index (χ3n) is 5.67. The van der Waals surface area contributed by atoms with Gasteiger partial charge >= 0.3 is 5.97 Å². The first-order valence-corrected chi connectivity index (χ1v) is 12.0. The van der Waals surface area contributed by atoms with Crippen molar-refractivity contribution in [2.24, 2.45) is 4.99 Å². The first-order chi connectivity index (χ1) is 17.5. The fraction of sp³-hybridized carbons (Fsp3) is 0.241. The van der Waals surface area contributed by atoms with Gasteiger partial charge in [0.05, 0.1) is 35.7 Å². The molecule has 1 heterocycles. The molecule has 0 bridgehead atoms. The van der Waals surface area contributed by atoms with Gasteiger partial charge in [-0.2, -0.15) is 0 Å². The molecule has 0 radical (unpaired) electrons. The van der Waals surface area contributed by atoms with Gasteiger partial charge in [-0.05, 0) is 63.8 Å². The van der Waals surface area contributed by atoms with Crippen LogP contribution >= 0.6 is 0 Å². The zero-order chi connectivity index (χ0) is 25.5. The van der Waals surface area contributed by atoms with Crippen LogP contribution < -0.4 is 4.74 Å². The lowest BCUT2D eigenvalue weighted by Gasteiger charge is -2.11. The van der Waals surface area contributed by atoms with E-state index in [9.17, 15) is 9.90 Å². The van der Waals surface area contributed by atoms with E-state index in [1.807, 2.05) is 68.7 Å². The van der Waals surface area contributed by atoms with Gasteiger partial charge in [0, 0.05) is 23.0 Å². The van der Waals surface area contributed by atoms with E-state index >= 15 is 0 Å². The van der Waals surface area contributed by atoms with Crippen molar-refractivity contribution in [3.05, 3.63) is 89.5 Å². The monoisotopic (exact) mass is 485 g/mol. The lowest BCUT2D eigenvalue weighted by molar-refractivity contribution is 0.0526. The Morgan fingerprint density at radius 2 is 1.75 bits per heavy atom. The molecule has 0 saturated carbocycles. The fourth-order valence-corrected chi connectivity index (χ4v) is 3.94. The summed E-state index contributed by atoms with van der Waals surface area (Å²) in [6.07, 6.45) is 0.947. The van der Waals surface area contributed by atoms with Crippen LogP contribution in [0.15, 0.2) is 77.8 Å². The van der Waals surface area contributed by atoms with E-state index < -0.39 is 5.97 Å². The van der Waals surface area contributed by atoms with E-state index in [1.165, 1.54) is 0 Å². The molecule has 1 aromatic heterocycles. The lowest BCUT2D eigenvalue weighted by atomic mass is 10.00. The minimum absolute atomic E-state index is 0.0190. The van der Waals surface area contributed by atoms with Gasteiger partial charge in [-0.3, -0.25) is 0 Å². The van der Waals surface area contributed by atoms with Crippen LogP contribution in [0.25, 0.3) is 10.9 Å². The van der Waals surface area contributed by atoms with E-state index in [4.69, 9.17) is 14.5 Å². The van der Waals surface area contributed by atoms with E-state index in [0.717, 1.165) is 35.4 Å². The third kappa shape index (κ3) is 5.93. The number of nitrogens with one attached hydrogen (secondary N) is 1. The molecule has 0 atom stereocenters. The molecular formula is C29H31N3O4. The summed E-state index contributed by atoms with van der Waals surface area (Å²) in [5, 5.41) is 11.7. The van der Waals surface area contributed by atoms with Crippen molar-refractivity contribution in [3.63, 3.8) is 0 Å². The van der Waals surface area contributed by atoms with E-state index in [-0.39, 0.29) is 5.88 Å². The number of aromatic amines is 1. The van der Waals surface area contributed by atoms with Gasteiger partial charge in [0.25, 0.3) is 0 Å². The van der Waals surface area contributed by atoms with Crippen molar-refractivity contribution in [1.82, 2.24) is 9.88 Å². The summed E-state index contributed by atoms with van der Waals surface area (Å²) in [4.78, 5) is 22.2. The van der Waals surface area contributed by atoms with Crippen molar-refractivity contribution in [3.8, 4) is 11.6 Å². The summed E-state index contributed by atoms with van der Waals surface area (Å²) < 4.78 is 10.9. The number of aliphatic imine (C=N–C) groups is 1. The standard InChI is InChI=1S/C29H31N3O4/c1-4-35-29(34)21-11-16-24-25(19-21)31-28(33)26(24)27(20-9-6-5-7-10-20)30-22-12-14-23(15-13-22)36-18-8-17-32(2)3/h5-7,9-16,19,31,33H,4,8,17-18H2,1-3H3. The van der Waals surface area contributed by atoms with Crippen LogP contribution in [0.4, 0.5) is 5.69 Å². The summed E-state index contributed by atoms with van der Waals surface area (Å²) >= 11 is 0. The molecular weight excluding hydrogens is 454 g/mol. The number of benzene rings is 3. The quantitative estimate of drug-likeness (QED) is 0.175. The van der Waals surface area contributed by atoms with Crippen LogP contribution in [0.3, 0.4) is 0 Å². The summed E-state index contributed by atoms with van der Waals surface area (Å²) in [6.45, 7) is 3.68. The first-order valence-electron chi connectivity index (χ1n) is 12.0. The van der Waals surface area contributed by atoms with Gasteiger partial charge in [0.15, 0.2) is 5.88 Å². The molecule has 0 amide bonds. The minimum atomic E-state index is -0.406. The predicted octanol–water partition coefficient (Wildman–Crippen LogP) is 5.55. The van der Waals surface area contributed by atoms with Crippen LogP contribution in [-0.4, -0.2) is 60.5 Å². The molecule has 186 valence electrons. The maximum atomic E-state index is 12.2. The van der Waals surface area contributed by atoms with Crippen LogP contribution in [0.2, 0.25) is 0 Å². The third-order valence-corrected chi connectivity index (χ3v) is 5.67. The van der Waals surface area contributed by atoms with Crippen molar-refractivity contribution < 1.29 is 19.4 Å². The van der Waals surface area contributed by atoms with E-state index in [2.05, 4.69) is 9.88 Å². The Morgan fingerprint density at radius 3 is 2.44 bits per heavy atom. The number of rotatable bonds is 10. The van der Waals surface area contributed by atoms with Gasteiger partial charge in [0.2, 0.25) is 0 Å². The Bertz CT molecular complexity index is 1340. The van der Waals surface area contributed by atoms with Crippen molar-refractivity contribution in [2.75, 3.05) is 33.9 Å². The van der Waals surface area contributed by atoms with Crippen LogP contribution in [0.5, 0.6) is 11.6 Å². The van der Waals surface area contributed by atoms with Crippen molar-refractivity contribution in [2.45, 2.75) is 13.3 Å². The van der Waals surface area contributed by atoms with E-state index in [1.54, 1.807) is 25.1 Å². The lowest BCUT2D eigenvalue weighted by Crippen LogP contribution is -2.15. The normalized spacial score (nSPS) is 11.7. The number of aromatic nitrogens is 1. The number of hydrogen-bond acceptors (Lipinski definition) is 6. The van der Waals surface area contributed by atoms with Gasteiger partial charge in [0.1, 0.15) is 5.75 Å². The summed E-state index contributed by atoms with van der Waals surface area (Å²) in [6, 6.07) is 22.5. The average molecular weight is 486 g/mol. The first kappa shape index (κ1) is 25.0. The molecule has 4 rings (SSSR count). The van der Waals surface area contributed by atoms with Gasteiger partial charge in [-0.15, -0.1) is 0 Å². The maximum absolute atomic E-state index is 12.2. The largest absolute Gasteiger partial charge is 0.494 e. The highest BCUT2D eigenvalue weighted by Crippen LogP contribution is 2.32. The zero-order valence-corrected chi connectivity index (χ0v) is 20.8. The Hall–Kier alpha value is -4.10. The highest BCUT2D eigenvalue weighted by Gasteiger charge is 2.20. The molecule has 0 aliphatic carbocycles. The summed E-state index contributed by atoms with van der Waals surface area (Å²) in [7, 11) is 4.09. The molecule has 0 aliphatic heterocycles. The highest BCUT2D eigenvalue weighted by atomic mass is 16.5. The zero-order valence-electron chi connectivity index (χ0n) is 20.8. The minimum Gasteiger partial charge on any atom is -0.494 e. The van der Waals surface area contributed by atoms with Crippen LogP contribution in [-0.2, 0) is 4.74 Å². The molecule has 2 N–H and O–H groups in total. The Kier molecular flexibility index (Phi) is 8.02. The molecule has 0 spiro atoms. The average Bonchev–Trinajstić information content (AvgIpc) is 3.21. The highest BCUT2D eigenvalue weighted by molar-refractivity contribution is 6.22. The van der Waals surface area contributed by atoms with E-state index in [0.29, 0.717) is 35.6 Å². The molecule has 3 aromatic carbocycles. The number of hydrogen-bond donors (Lipinski definition) is 2. The Labute approximate surface area is 211 Å². The molecule has 0 fully saturated rings. The molecule has 4 aromatic rings. The SMILES string of the molecule is CCOC(=O)c1ccc2c(C(=Nc3ccc(OCCCN(C)C)cc3)c3ccccc3)c(O)[nH]c2c1. The van der Waals surface area contributed by atoms with Crippen LogP contribution in [0, 0.1) is 0 Å². The Balaban J connectivity index is 1.69. The Morgan fingerprint density at radius 1 is 1.00 bits per heavy atom. The van der Waals surface area contributed by atoms with Gasteiger partial charge < -0.3 is 24.5 Å². The van der Waals surface area contributed by atoms with Crippen molar-refractivity contribution in [1.29, 1.82) is 0 Å². The summed E-state index contributed by atoms with van der Waals surface area (Å²) in [5.74, 6) is 0.362. The topological polar surface area (TPSA) is 87.2 Å². The number of nitrogens with zero attached hydrogens (tertiary/aromatic N) is 2. The van der Waals surface area contributed by atoms with Gasteiger partial charge in [-0.25, -0.2) is 9.79 Å². The molecule has 0 aliphatic rings. The smallest absolute Gasteiger partial charge is 0.338 e. The number of esters is 1.